The number of nitrogens with two attached hydrogens (primary N) is 1. The molecule has 1 aromatic rings. The van der Waals surface area contributed by atoms with Gasteiger partial charge in [0.15, 0.2) is 6.61 Å². The van der Waals surface area contributed by atoms with Gasteiger partial charge in [0.05, 0.1) is 7.14 Å². The Bertz CT molecular complexity index is 361. The number of hydrogen-bond acceptors (Lipinski definition) is 3. The fraction of sp³-hybridized carbons (Fsp3) is 0.125. The van der Waals surface area contributed by atoms with Crippen molar-refractivity contribution in [2.45, 2.75) is 0 Å². The minimum Gasteiger partial charge on any atom is -0.481 e. The fourth-order valence-electron chi connectivity index (χ4n) is 0.846. The first-order valence-corrected chi connectivity index (χ1v) is 7.05. The predicted molar refractivity (Wildman–Crippen MR) is 82.4 cm³/mol. The largest absolute Gasteiger partial charge is 0.481 e. The smallest absolute Gasteiger partial charge is 0.271 e. The molecular weight excluding hydrogens is 537 g/mol. The molecule has 0 saturated carbocycles. The van der Waals surface area contributed by atoms with E-state index in [1.165, 1.54) is 0 Å². The number of amides is 1. The van der Waals surface area contributed by atoms with Gasteiger partial charge in [0.2, 0.25) is 0 Å². The first kappa shape index (κ1) is 13.7. The molecule has 0 saturated heterocycles. The van der Waals surface area contributed by atoms with E-state index in [9.17, 15) is 4.79 Å². The van der Waals surface area contributed by atoms with E-state index >= 15 is 0 Å². The van der Waals surface area contributed by atoms with Crippen LogP contribution < -0.4 is 16.0 Å². The van der Waals surface area contributed by atoms with Crippen molar-refractivity contribution in [2.75, 3.05) is 6.61 Å². The van der Waals surface area contributed by atoms with E-state index in [-0.39, 0.29) is 12.5 Å². The van der Waals surface area contributed by atoms with Crippen molar-refractivity contribution < 1.29 is 9.53 Å². The van der Waals surface area contributed by atoms with Gasteiger partial charge in [0.1, 0.15) is 5.75 Å². The topological polar surface area (TPSA) is 64.3 Å². The lowest BCUT2D eigenvalue weighted by molar-refractivity contribution is -0.123. The van der Waals surface area contributed by atoms with Gasteiger partial charge in [-0.15, -0.1) is 0 Å². The van der Waals surface area contributed by atoms with E-state index in [1.807, 2.05) is 17.6 Å². The Hall–Kier alpha value is 0.640. The SMILES string of the molecule is NNC(=O)COc1c(I)cc(I)cc1I. The summed E-state index contributed by atoms with van der Waals surface area (Å²) in [5.74, 6) is 5.33. The summed E-state index contributed by atoms with van der Waals surface area (Å²) in [7, 11) is 0. The van der Waals surface area contributed by atoms with Crippen molar-refractivity contribution in [1.29, 1.82) is 0 Å². The molecule has 0 radical (unpaired) electrons. The molecule has 4 nitrogen and oxygen atoms in total. The van der Waals surface area contributed by atoms with E-state index in [0.29, 0.717) is 0 Å². The van der Waals surface area contributed by atoms with Gasteiger partial charge in [-0.2, -0.15) is 0 Å². The fourth-order valence-corrected chi connectivity index (χ4v) is 4.74. The highest BCUT2D eigenvalue weighted by atomic mass is 127. The van der Waals surface area contributed by atoms with Crippen LogP contribution in [0.3, 0.4) is 0 Å². The number of ether oxygens (including phenoxy) is 1. The van der Waals surface area contributed by atoms with Crippen molar-refractivity contribution >= 4 is 73.7 Å². The number of rotatable bonds is 3. The minimum absolute atomic E-state index is 0.0664. The molecule has 15 heavy (non-hydrogen) atoms. The van der Waals surface area contributed by atoms with Crippen LogP contribution in [0.15, 0.2) is 12.1 Å². The van der Waals surface area contributed by atoms with E-state index in [0.717, 1.165) is 16.5 Å². The highest BCUT2D eigenvalue weighted by Gasteiger charge is 2.09. The van der Waals surface area contributed by atoms with Crippen molar-refractivity contribution in [3.05, 3.63) is 22.8 Å². The molecule has 0 heterocycles. The molecule has 82 valence electrons. The number of hydrazine groups is 1. The Labute approximate surface area is 128 Å². The summed E-state index contributed by atoms with van der Waals surface area (Å²) in [5.41, 5.74) is 2.02. The second kappa shape index (κ2) is 6.39. The second-order valence-electron chi connectivity index (χ2n) is 2.55. The van der Waals surface area contributed by atoms with Gasteiger partial charge in [0, 0.05) is 3.57 Å². The molecule has 0 aliphatic carbocycles. The molecule has 0 aliphatic rings. The zero-order valence-electron chi connectivity index (χ0n) is 7.39. The van der Waals surface area contributed by atoms with Crippen LogP contribution in [-0.4, -0.2) is 12.5 Å². The average Bonchev–Trinajstić information content (AvgIpc) is 2.15. The quantitative estimate of drug-likeness (QED) is 0.265. The molecule has 0 aromatic heterocycles. The van der Waals surface area contributed by atoms with Crippen LogP contribution in [0.1, 0.15) is 0 Å². The first-order valence-electron chi connectivity index (χ1n) is 3.81. The molecule has 1 amide bonds. The third-order valence-corrected chi connectivity index (χ3v) is 3.70. The lowest BCUT2D eigenvalue weighted by atomic mass is 10.3. The van der Waals surface area contributed by atoms with Gasteiger partial charge in [-0.3, -0.25) is 10.2 Å². The summed E-state index contributed by atoms with van der Waals surface area (Å²) < 4.78 is 8.46. The van der Waals surface area contributed by atoms with Crippen molar-refractivity contribution in [1.82, 2.24) is 5.43 Å². The molecule has 0 aliphatic heterocycles. The highest BCUT2D eigenvalue weighted by Crippen LogP contribution is 2.29. The standard InChI is InChI=1S/C8H7I3N2O2/c9-4-1-5(10)8(6(11)2-4)15-3-7(14)13-12/h1-2H,3,12H2,(H,13,14). The third-order valence-electron chi connectivity index (χ3n) is 1.47. The molecule has 1 aromatic carbocycles. The Kier molecular flexibility index (Phi) is 5.84. The predicted octanol–water partition coefficient (Wildman–Crippen LogP) is 1.87. The molecule has 1 rings (SSSR count). The molecule has 7 heteroatoms. The lowest BCUT2D eigenvalue weighted by Crippen LogP contribution is -2.34. The van der Waals surface area contributed by atoms with Crippen LogP contribution in [-0.2, 0) is 4.79 Å². The summed E-state index contributed by atoms with van der Waals surface area (Å²) in [6.45, 7) is -0.0664. The molecule has 0 fully saturated rings. The zero-order valence-corrected chi connectivity index (χ0v) is 13.9. The Morgan fingerprint density at radius 3 is 2.33 bits per heavy atom. The van der Waals surface area contributed by atoms with E-state index in [4.69, 9.17) is 10.6 Å². The summed E-state index contributed by atoms with van der Waals surface area (Å²) in [6, 6.07) is 3.97. The number of benzene rings is 1. The lowest BCUT2D eigenvalue weighted by Gasteiger charge is -2.09. The maximum atomic E-state index is 10.9. The molecule has 0 atom stereocenters. The maximum Gasteiger partial charge on any atom is 0.271 e. The molecular formula is C8H7I3N2O2. The van der Waals surface area contributed by atoms with Crippen LogP contribution in [0.4, 0.5) is 0 Å². The molecule has 3 N–H and O–H groups in total. The number of carbonyl (C=O) groups excluding carboxylic acids is 1. The molecule has 0 unspecified atom stereocenters. The van der Waals surface area contributed by atoms with Gasteiger partial charge < -0.3 is 4.74 Å². The first-order chi connectivity index (χ1) is 7.04. The number of nitrogens with one attached hydrogen (secondary N) is 1. The van der Waals surface area contributed by atoms with Crippen LogP contribution >= 0.6 is 67.8 Å². The number of carbonyl (C=O) groups is 1. The summed E-state index contributed by atoms with van der Waals surface area (Å²) in [5, 5.41) is 0. The molecule has 0 spiro atoms. The summed E-state index contributed by atoms with van der Waals surface area (Å²) in [4.78, 5) is 10.9. The Morgan fingerprint density at radius 2 is 1.87 bits per heavy atom. The monoisotopic (exact) mass is 544 g/mol. The van der Waals surface area contributed by atoms with Crippen molar-refractivity contribution in [3.8, 4) is 5.75 Å². The Morgan fingerprint density at radius 1 is 1.33 bits per heavy atom. The second-order valence-corrected chi connectivity index (χ2v) is 6.12. The third kappa shape index (κ3) is 4.19. The summed E-state index contributed by atoms with van der Waals surface area (Å²) in [6.07, 6.45) is 0. The van der Waals surface area contributed by atoms with E-state index in [2.05, 4.69) is 67.8 Å². The van der Waals surface area contributed by atoms with E-state index < -0.39 is 0 Å². The molecule has 0 bridgehead atoms. The van der Waals surface area contributed by atoms with Crippen molar-refractivity contribution in [2.24, 2.45) is 5.84 Å². The van der Waals surface area contributed by atoms with Crippen LogP contribution in [0, 0.1) is 10.7 Å². The van der Waals surface area contributed by atoms with Gasteiger partial charge in [0.25, 0.3) is 5.91 Å². The maximum absolute atomic E-state index is 10.9. The van der Waals surface area contributed by atoms with Gasteiger partial charge in [-0.05, 0) is 79.9 Å². The normalized spacial score (nSPS) is 9.87. The van der Waals surface area contributed by atoms with Crippen LogP contribution in [0.25, 0.3) is 0 Å². The minimum atomic E-state index is -0.347. The zero-order chi connectivity index (χ0) is 11.4. The Balaban J connectivity index is 2.81. The van der Waals surface area contributed by atoms with E-state index in [1.54, 1.807) is 0 Å². The number of halogens is 3. The van der Waals surface area contributed by atoms with Crippen LogP contribution in [0.2, 0.25) is 0 Å². The summed E-state index contributed by atoms with van der Waals surface area (Å²) >= 11 is 6.58. The van der Waals surface area contributed by atoms with Gasteiger partial charge in [-0.1, -0.05) is 0 Å². The van der Waals surface area contributed by atoms with Gasteiger partial charge >= 0.3 is 0 Å². The highest BCUT2D eigenvalue weighted by molar-refractivity contribution is 14.1. The average molecular weight is 544 g/mol. The van der Waals surface area contributed by atoms with Crippen LogP contribution in [0.5, 0.6) is 5.75 Å². The van der Waals surface area contributed by atoms with Gasteiger partial charge in [-0.25, -0.2) is 5.84 Å². The van der Waals surface area contributed by atoms with Crippen molar-refractivity contribution in [3.63, 3.8) is 0 Å². The number of hydrogen-bond donors (Lipinski definition) is 2.